The van der Waals surface area contributed by atoms with E-state index >= 15 is 0 Å². The number of sulfonamides is 1. The normalized spacial score (nSPS) is 13.6. The number of fused-ring (bicyclic) bond motifs is 1. The van der Waals surface area contributed by atoms with Crippen LogP contribution in [0.4, 0.5) is 11.4 Å². The third kappa shape index (κ3) is 2.84. The maximum Gasteiger partial charge on any atom is 0.261 e. The molecule has 0 bridgehead atoms. The van der Waals surface area contributed by atoms with Crippen LogP contribution in [0.5, 0.6) is 0 Å². The van der Waals surface area contributed by atoms with E-state index in [9.17, 15) is 8.42 Å². The Morgan fingerprint density at radius 2 is 2.00 bits per heavy atom. The second kappa shape index (κ2) is 5.24. The molecule has 2 aromatic carbocycles. The number of hydrogen-bond acceptors (Lipinski definition) is 3. The van der Waals surface area contributed by atoms with Gasteiger partial charge in [-0.2, -0.15) is 0 Å². The molecular weight excluding hydrogens is 308 g/mol. The summed E-state index contributed by atoms with van der Waals surface area (Å²) in [6.07, 6.45) is 0.842. The van der Waals surface area contributed by atoms with Crippen molar-refractivity contribution in [1.82, 2.24) is 0 Å². The van der Waals surface area contributed by atoms with E-state index in [1.807, 2.05) is 13.0 Å². The summed E-state index contributed by atoms with van der Waals surface area (Å²) in [5.74, 6) is 0. The standard InChI is InChI=1S/C15H15ClN2O2S/c1-10-2-3-12(16)9-15(10)18-21(19,20)13-4-5-14-11(8-13)6-7-17-14/h2-5,8-9,17-18H,6-7H2,1H3. The topological polar surface area (TPSA) is 58.2 Å². The molecular formula is C15H15ClN2O2S. The third-order valence-electron chi connectivity index (χ3n) is 3.54. The molecule has 110 valence electrons. The molecule has 0 spiro atoms. The average molecular weight is 323 g/mol. The molecule has 0 saturated heterocycles. The van der Waals surface area contributed by atoms with Gasteiger partial charge in [0.15, 0.2) is 0 Å². The zero-order valence-corrected chi connectivity index (χ0v) is 13.1. The number of hydrogen-bond donors (Lipinski definition) is 2. The van der Waals surface area contributed by atoms with Gasteiger partial charge in [0.1, 0.15) is 0 Å². The van der Waals surface area contributed by atoms with Crippen molar-refractivity contribution in [2.75, 3.05) is 16.6 Å². The van der Waals surface area contributed by atoms with E-state index in [-0.39, 0.29) is 4.90 Å². The van der Waals surface area contributed by atoms with Gasteiger partial charge in [0.25, 0.3) is 10.0 Å². The van der Waals surface area contributed by atoms with E-state index in [0.717, 1.165) is 29.8 Å². The van der Waals surface area contributed by atoms with Crippen molar-refractivity contribution in [3.05, 3.63) is 52.5 Å². The van der Waals surface area contributed by atoms with E-state index in [2.05, 4.69) is 10.0 Å². The summed E-state index contributed by atoms with van der Waals surface area (Å²) in [5, 5.41) is 3.71. The molecule has 0 aromatic heterocycles. The number of anilines is 2. The fourth-order valence-corrected chi connectivity index (χ4v) is 3.70. The lowest BCUT2D eigenvalue weighted by atomic mass is 10.2. The van der Waals surface area contributed by atoms with Gasteiger partial charge in [-0.3, -0.25) is 4.72 Å². The molecule has 0 saturated carbocycles. The van der Waals surface area contributed by atoms with Crippen LogP contribution >= 0.6 is 11.6 Å². The van der Waals surface area contributed by atoms with E-state index in [1.165, 1.54) is 0 Å². The number of halogens is 1. The summed E-state index contributed by atoms with van der Waals surface area (Å²) in [5.41, 5.74) is 3.36. The summed E-state index contributed by atoms with van der Waals surface area (Å²) in [7, 11) is -3.61. The average Bonchev–Trinajstić information content (AvgIpc) is 2.90. The molecule has 0 atom stereocenters. The minimum atomic E-state index is -3.61. The lowest BCUT2D eigenvalue weighted by Gasteiger charge is -2.12. The first-order valence-corrected chi connectivity index (χ1v) is 8.47. The Hall–Kier alpha value is -1.72. The van der Waals surface area contributed by atoms with Crippen LogP contribution in [0.3, 0.4) is 0 Å². The lowest BCUT2D eigenvalue weighted by molar-refractivity contribution is 0.601. The van der Waals surface area contributed by atoms with Crippen LogP contribution in [0, 0.1) is 6.92 Å². The second-order valence-electron chi connectivity index (χ2n) is 5.06. The van der Waals surface area contributed by atoms with Gasteiger partial charge in [-0.05, 0) is 54.8 Å². The van der Waals surface area contributed by atoms with Crippen molar-refractivity contribution in [2.24, 2.45) is 0 Å². The van der Waals surface area contributed by atoms with E-state index in [4.69, 9.17) is 11.6 Å². The van der Waals surface area contributed by atoms with E-state index in [1.54, 1.807) is 30.3 Å². The number of aryl methyl sites for hydroxylation is 1. The molecule has 1 aliphatic rings. The first kappa shape index (κ1) is 14.2. The Morgan fingerprint density at radius 3 is 2.81 bits per heavy atom. The van der Waals surface area contributed by atoms with Crippen LogP contribution in [0.25, 0.3) is 0 Å². The van der Waals surface area contributed by atoms with Crippen molar-refractivity contribution >= 4 is 33.0 Å². The molecule has 6 heteroatoms. The fourth-order valence-electron chi connectivity index (χ4n) is 2.36. The predicted octanol–water partition coefficient (Wildman–Crippen LogP) is 3.42. The van der Waals surface area contributed by atoms with Crippen molar-refractivity contribution in [3.8, 4) is 0 Å². The predicted molar refractivity (Wildman–Crippen MR) is 85.6 cm³/mol. The van der Waals surface area contributed by atoms with Crippen molar-refractivity contribution < 1.29 is 8.42 Å². The molecule has 21 heavy (non-hydrogen) atoms. The summed E-state index contributed by atoms with van der Waals surface area (Å²) in [6.45, 7) is 2.68. The van der Waals surface area contributed by atoms with Gasteiger partial charge in [-0.15, -0.1) is 0 Å². The van der Waals surface area contributed by atoms with Crippen LogP contribution in [0.2, 0.25) is 5.02 Å². The van der Waals surface area contributed by atoms with E-state index in [0.29, 0.717) is 10.7 Å². The molecule has 3 rings (SSSR count). The van der Waals surface area contributed by atoms with Crippen molar-refractivity contribution in [2.45, 2.75) is 18.2 Å². The molecule has 1 heterocycles. The smallest absolute Gasteiger partial charge is 0.261 e. The molecule has 1 aliphatic heterocycles. The highest BCUT2D eigenvalue weighted by molar-refractivity contribution is 7.92. The highest BCUT2D eigenvalue weighted by Gasteiger charge is 2.19. The number of benzene rings is 2. The summed E-state index contributed by atoms with van der Waals surface area (Å²) in [6, 6.07) is 10.3. The lowest BCUT2D eigenvalue weighted by Crippen LogP contribution is -2.14. The highest BCUT2D eigenvalue weighted by atomic mass is 35.5. The van der Waals surface area contributed by atoms with Crippen LogP contribution in [-0.2, 0) is 16.4 Å². The molecule has 0 amide bonds. The third-order valence-corrected chi connectivity index (χ3v) is 5.14. The summed E-state index contributed by atoms with van der Waals surface area (Å²) < 4.78 is 27.6. The van der Waals surface area contributed by atoms with Crippen LogP contribution in [0.1, 0.15) is 11.1 Å². The zero-order chi connectivity index (χ0) is 15.0. The van der Waals surface area contributed by atoms with Gasteiger partial charge in [0.2, 0.25) is 0 Å². The molecule has 0 fully saturated rings. The molecule has 2 N–H and O–H groups in total. The minimum Gasteiger partial charge on any atom is -0.384 e. The quantitative estimate of drug-likeness (QED) is 0.910. The first-order chi connectivity index (χ1) is 9.95. The number of rotatable bonds is 3. The Bertz CT molecular complexity index is 803. The Kier molecular flexibility index (Phi) is 3.55. The monoisotopic (exact) mass is 322 g/mol. The SMILES string of the molecule is Cc1ccc(Cl)cc1NS(=O)(=O)c1ccc2c(c1)CCN2. The second-order valence-corrected chi connectivity index (χ2v) is 7.18. The number of nitrogens with one attached hydrogen (secondary N) is 2. The summed E-state index contributed by atoms with van der Waals surface area (Å²) in [4.78, 5) is 0.268. The van der Waals surface area contributed by atoms with Gasteiger partial charge in [-0.25, -0.2) is 8.42 Å². The molecule has 2 aromatic rings. The summed E-state index contributed by atoms with van der Waals surface area (Å²) >= 11 is 5.93. The van der Waals surface area contributed by atoms with Crippen molar-refractivity contribution in [3.63, 3.8) is 0 Å². The highest BCUT2D eigenvalue weighted by Crippen LogP contribution is 2.27. The zero-order valence-electron chi connectivity index (χ0n) is 11.5. The van der Waals surface area contributed by atoms with Gasteiger partial charge < -0.3 is 5.32 Å². The fraction of sp³-hybridized carbons (Fsp3) is 0.200. The molecule has 0 radical (unpaired) electrons. The maximum absolute atomic E-state index is 12.5. The molecule has 0 aliphatic carbocycles. The van der Waals surface area contributed by atoms with Crippen molar-refractivity contribution in [1.29, 1.82) is 0 Å². The Balaban J connectivity index is 1.95. The maximum atomic E-state index is 12.5. The van der Waals surface area contributed by atoms with E-state index < -0.39 is 10.0 Å². The van der Waals surface area contributed by atoms with Crippen LogP contribution in [0.15, 0.2) is 41.3 Å². The largest absolute Gasteiger partial charge is 0.384 e. The van der Waals surface area contributed by atoms with Gasteiger partial charge in [0, 0.05) is 17.3 Å². The molecule has 4 nitrogen and oxygen atoms in total. The Morgan fingerprint density at radius 1 is 1.19 bits per heavy atom. The first-order valence-electron chi connectivity index (χ1n) is 6.61. The van der Waals surface area contributed by atoms with Crippen LogP contribution in [-0.4, -0.2) is 15.0 Å². The minimum absolute atomic E-state index is 0.268. The van der Waals surface area contributed by atoms with Gasteiger partial charge in [0.05, 0.1) is 10.6 Å². The van der Waals surface area contributed by atoms with Crippen LogP contribution < -0.4 is 10.0 Å². The molecule has 0 unspecified atom stereocenters. The Labute approximate surface area is 129 Å². The van der Waals surface area contributed by atoms with Gasteiger partial charge >= 0.3 is 0 Å². The van der Waals surface area contributed by atoms with Gasteiger partial charge in [-0.1, -0.05) is 17.7 Å².